The Morgan fingerprint density at radius 3 is 2.53 bits per heavy atom. The number of benzene rings is 1. The van der Waals surface area contributed by atoms with Gasteiger partial charge >= 0.3 is 0 Å². The molecule has 3 N–H and O–H groups in total. The molecule has 1 aromatic rings. The Bertz CT molecular complexity index is 329. The zero-order chi connectivity index (χ0) is 11.5. The maximum atomic E-state index is 13.0. The predicted octanol–water partition coefficient (Wildman–Crippen LogP) is 2.54. The maximum Gasteiger partial charge on any atom is 0.123 e. The summed E-state index contributed by atoms with van der Waals surface area (Å²) in [5.74, 6) is -0.210. The molecule has 2 nitrogen and oxygen atoms in total. The number of rotatable bonds is 3. The van der Waals surface area contributed by atoms with E-state index in [4.69, 9.17) is 5.73 Å². The molecule has 0 aliphatic heterocycles. The fourth-order valence-corrected chi connectivity index (χ4v) is 1.45. The second-order valence-corrected chi connectivity index (χ2v) is 4.72. The van der Waals surface area contributed by atoms with Crippen molar-refractivity contribution in [1.29, 1.82) is 0 Å². The number of hydrogen-bond acceptors (Lipinski definition) is 2. The third kappa shape index (κ3) is 3.88. The molecule has 1 rings (SSSR count). The molecule has 0 bridgehead atoms. The maximum absolute atomic E-state index is 13.0. The highest BCUT2D eigenvalue weighted by molar-refractivity contribution is 5.53. The van der Waals surface area contributed by atoms with Gasteiger partial charge in [0.25, 0.3) is 0 Å². The highest BCUT2D eigenvalue weighted by Gasteiger charge is 2.12. The van der Waals surface area contributed by atoms with Crippen LogP contribution in [0.2, 0.25) is 0 Å². The van der Waals surface area contributed by atoms with Crippen LogP contribution in [0, 0.1) is 5.82 Å². The lowest BCUT2D eigenvalue weighted by atomic mass is 10.0. The summed E-state index contributed by atoms with van der Waals surface area (Å²) in [7, 11) is 0. The van der Waals surface area contributed by atoms with Crippen molar-refractivity contribution in [2.45, 2.75) is 32.7 Å². The second-order valence-electron chi connectivity index (χ2n) is 4.72. The first-order valence-corrected chi connectivity index (χ1v) is 5.19. The van der Waals surface area contributed by atoms with Gasteiger partial charge in [0.1, 0.15) is 5.82 Å². The van der Waals surface area contributed by atoms with Crippen LogP contribution in [0.5, 0.6) is 0 Å². The molecule has 0 aromatic heterocycles. The van der Waals surface area contributed by atoms with Crippen molar-refractivity contribution < 1.29 is 4.39 Å². The molecule has 1 aromatic carbocycles. The van der Waals surface area contributed by atoms with Gasteiger partial charge in [0.05, 0.1) is 0 Å². The summed E-state index contributed by atoms with van der Waals surface area (Å²) in [4.78, 5) is 0. The lowest BCUT2D eigenvalue weighted by Crippen LogP contribution is -2.27. The molecule has 0 aliphatic rings. The molecule has 0 aliphatic carbocycles. The quantitative estimate of drug-likeness (QED) is 0.804. The Kier molecular flexibility index (Phi) is 3.69. The normalized spacial score (nSPS) is 11.5. The standard InChI is InChI=1S/C12H19FN2/c1-12(2,3)15-11-5-4-10(13)8-9(11)6-7-14/h4-5,8,15H,6-7,14H2,1-3H3. The monoisotopic (exact) mass is 210 g/mol. The zero-order valence-corrected chi connectivity index (χ0v) is 9.60. The fraction of sp³-hybridized carbons (Fsp3) is 0.500. The van der Waals surface area contributed by atoms with Gasteiger partial charge in [0.2, 0.25) is 0 Å². The average Bonchev–Trinajstić information content (AvgIpc) is 2.08. The first-order chi connectivity index (χ1) is 6.92. The molecule has 0 radical (unpaired) electrons. The fourth-order valence-electron chi connectivity index (χ4n) is 1.45. The van der Waals surface area contributed by atoms with E-state index in [1.54, 1.807) is 12.1 Å². The minimum Gasteiger partial charge on any atom is -0.380 e. The molecular weight excluding hydrogens is 191 g/mol. The lowest BCUT2D eigenvalue weighted by Gasteiger charge is -2.24. The van der Waals surface area contributed by atoms with Crippen LogP contribution in [0.25, 0.3) is 0 Å². The molecular formula is C12H19FN2. The van der Waals surface area contributed by atoms with E-state index in [2.05, 4.69) is 26.1 Å². The molecule has 0 fully saturated rings. The van der Waals surface area contributed by atoms with Gasteiger partial charge < -0.3 is 11.1 Å². The highest BCUT2D eigenvalue weighted by Crippen LogP contribution is 2.21. The molecule has 0 spiro atoms. The van der Waals surface area contributed by atoms with Crippen molar-refractivity contribution >= 4 is 5.69 Å². The summed E-state index contributed by atoms with van der Waals surface area (Å²) >= 11 is 0. The number of halogens is 1. The molecule has 0 amide bonds. The van der Waals surface area contributed by atoms with Crippen molar-refractivity contribution in [2.24, 2.45) is 5.73 Å². The molecule has 0 atom stereocenters. The van der Waals surface area contributed by atoms with Crippen molar-refractivity contribution in [3.8, 4) is 0 Å². The third-order valence-corrected chi connectivity index (χ3v) is 1.99. The van der Waals surface area contributed by atoms with E-state index < -0.39 is 0 Å². The Balaban J connectivity index is 2.95. The Labute approximate surface area is 90.7 Å². The van der Waals surface area contributed by atoms with Crippen LogP contribution >= 0.6 is 0 Å². The second kappa shape index (κ2) is 4.62. The summed E-state index contributed by atoms with van der Waals surface area (Å²) in [6, 6.07) is 4.78. The SMILES string of the molecule is CC(C)(C)Nc1ccc(F)cc1CCN. The van der Waals surface area contributed by atoms with Crippen LogP contribution in [0.15, 0.2) is 18.2 Å². The predicted molar refractivity (Wildman–Crippen MR) is 62.5 cm³/mol. The van der Waals surface area contributed by atoms with Crippen molar-refractivity contribution in [1.82, 2.24) is 0 Å². The Morgan fingerprint density at radius 2 is 2.00 bits per heavy atom. The number of nitrogens with two attached hydrogens (primary N) is 1. The van der Waals surface area contributed by atoms with Crippen LogP contribution in [-0.2, 0) is 6.42 Å². The molecule has 0 saturated carbocycles. The van der Waals surface area contributed by atoms with Gasteiger partial charge in [0.15, 0.2) is 0 Å². The van der Waals surface area contributed by atoms with E-state index >= 15 is 0 Å². The Hall–Kier alpha value is -1.09. The summed E-state index contributed by atoms with van der Waals surface area (Å²) in [5.41, 5.74) is 7.37. The molecule has 0 saturated heterocycles. The molecule has 0 unspecified atom stereocenters. The van der Waals surface area contributed by atoms with Gasteiger partial charge in [-0.25, -0.2) is 4.39 Å². The zero-order valence-electron chi connectivity index (χ0n) is 9.60. The van der Waals surface area contributed by atoms with Crippen LogP contribution in [0.3, 0.4) is 0 Å². The molecule has 3 heteroatoms. The summed E-state index contributed by atoms with van der Waals surface area (Å²) < 4.78 is 13.0. The van der Waals surface area contributed by atoms with Crippen LogP contribution in [0.1, 0.15) is 26.3 Å². The number of anilines is 1. The minimum absolute atomic E-state index is 0.0266. The smallest absolute Gasteiger partial charge is 0.123 e. The molecule has 15 heavy (non-hydrogen) atoms. The van der Waals surface area contributed by atoms with Gasteiger partial charge in [-0.1, -0.05) is 0 Å². The largest absolute Gasteiger partial charge is 0.380 e. The van der Waals surface area contributed by atoms with E-state index in [-0.39, 0.29) is 11.4 Å². The van der Waals surface area contributed by atoms with Gasteiger partial charge in [0, 0.05) is 11.2 Å². The van der Waals surface area contributed by atoms with Gasteiger partial charge in [-0.05, 0) is 57.5 Å². The summed E-state index contributed by atoms with van der Waals surface area (Å²) in [6.45, 7) is 6.75. The number of hydrogen-bond donors (Lipinski definition) is 2. The molecule has 84 valence electrons. The lowest BCUT2D eigenvalue weighted by molar-refractivity contribution is 0.618. The minimum atomic E-state index is -0.210. The third-order valence-electron chi connectivity index (χ3n) is 1.99. The summed E-state index contributed by atoms with van der Waals surface area (Å²) in [5, 5.41) is 3.34. The van der Waals surface area contributed by atoms with Crippen LogP contribution < -0.4 is 11.1 Å². The van der Waals surface area contributed by atoms with E-state index in [9.17, 15) is 4.39 Å². The topological polar surface area (TPSA) is 38.0 Å². The van der Waals surface area contributed by atoms with E-state index in [1.165, 1.54) is 6.07 Å². The van der Waals surface area contributed by atoms with Crippen molar-refractivity contribution in [2.75, 3.05) is 11.9 Å². The van der Waals surface area contributed by atoms with Gasteiger partial charge in [-0.15, -0.1) is 0 Å². The van der Waals surface area contributed by atoms with Crippen LogP contribution in [-0.4, -0.2) is 12.1 Å². The van der Waals surface area contributed by atoms with E-state index in [0.717, 1.165) is 11.3 Å². The van der Waals surface area contributed by atoms with Crippen molar-refractivity contribution in [3.63, 3.8) is 0 Å². The van der Waals surface area contributed by atoms with Gasteiger partial charge in [-0.2, -0.15) is 0 Å². The molecule has 0 heterocycles. The van der Waals surface area contributed by atoms with Crippen molar-refractivity contribution in [3.05, 3.63) is 29.6 Å². The van der Waals surface area contributed by atoms with Crippen LogP contribution in [0.4, 0.5) is 10.1 Å². The van der Waals surface area contributed by atoms with E-state index in [0.29, 0.717) is 13.0 Å². The highest BCUT2D eigenvalue weighted by atomic mass is 19.1. The average molecular weight is 210 g/mol. The van der Waals surface area contributed by atoms with E-state index in [1.807, 2.05) is 0 Å². The summed E-state index contributed by atoms with van der Waals surface area (Å²) in [6.07, 6.45) is 0.691. The number of nitrogens with one attached hydrogen (secondary N) is 1. The first kappa shape index (κ1) is 12.0. The first-order valence-electron chi connectivity index (χ1n) is 5.19. The van der Waals surface area contributed by atoms with Gasteiger partial charge in [-0.3, -0.25) is 0 Å². The Morgan fingerprint density at radius 1 is 1.33 bits per heavy atom.